The standard InChI is InChI=1S/C28H39N5O5/c1-20-15-21(16-22(18-34)25(20)38-4)17-29-23(35)13-11-9-7-5-6-8-10-12-14-33-27(36)24-26(30-19-31(24)2)32(3)28(33)37/h15-16,18-19H,5-14,17H2,1-4H3,(H,29,35). The summed E-state index contributed by atoms with van der Waals surface area (Å²) in [6, 6.07) is 3.67. The molecule has 0 aliphatic carbocycles. The minimum atomic E-state index is -0.324. The molecule has 206 valence electrons. The number of benzene rings is 1. The molecule has 10 nitrogen and oxygen atoms in total. The highest BCUT2D eigenvalue weighted by Gasteiger charge is 2.14. The van der Waals surface area contributed by atoms with Crippen molar-refractivity contribution < 1.29 is 14.3 Å². The number of carbonyl (C=O) groups is 2. The number of aryl methyl sites for hydroxylation is 3. The lowest BCUT2D eigenvalue weighted by Gasteiger charge is -2.11. The third-order valence-corrected chi connectivity index (χ3v) is 6.92. The van der Waals surface area contributed by atoms with Crippen molar-refractivity contribution in [2.45, 2.75) is 77.8 Å². The Hall–Kier alpha value is -3.69. The molecular weight excluding hydrogens is 486 g/mol. The maximum Gasteiger partial charge on any atom is 0.332 e. The number of aldehydes is 1. The molecular formula is C28H39N5O5. The fourth-order valence-corrected chi connectivity index (χ4v) is 4.85. The first-order valence-corrected chi connectivity index (χ1v) is 13.3. The van der Waals surface area contributed by atoms with Gasteiger partial charge in [0, 0.05) is 33.6 Å². The van der Waals surface area contributed by atoms with Crippen LogP contribution >= 0.6 is 0 Å². The van der Waals surface area contributed by atoms with Crippen LogP contribution in [0.4, 0.5) is 0 Å². The average Bonchev–Trinajstić information content (AvgIpc) is 3.30. The highest BCUT2D eigenvalue weighted by atomic mass is 16.5. The van der Waals surface area contributed by atoms with Crippen molar-refractivity contribution in [1.82, 2.24) is 24.0 Å². The van der Waals surface area contributed by atoms with Crippen molar-refractivity contribution in [3.63, 3.8) is 0 Å². The number of hydrogen-bond acceptors (Lipinski definition) is 6. The maximum absolute atomic E-state index is 12.7. The Kier molecular flexibility index (Phi) is 10.4. The Balaban J connectivity index is 1.27. The molecule has 0 spiro atoms. The minimum absolute atomic E-state index is 0.0109. The van der Waals surface area contributed by atoms with E-state index in [0.717, 1.165) is 68.8 Å². The molecule has 1 amide bonds. The van der Waals surface area contributed by atoms with Gasteiger partial charge in [-0.25, -0.2) is 9.78 Å². The number of unbranched alkanes of at least 4 members (excludes halogenated alkanes) is 7. The summed E-state index contributed by atoms with van der Waals surface area (Å²) in [5.74, 6) is 0.579. The number of imidazole rings is 1. The lowest BCUT2D eigenvalue weighted by molar-refractivity contribution is -0.121. The SMILES string of the molecule is COc1c(C)cc(CNC(=O)CCCCCCCCCCn2c(=O)c3c(ncn3C)n(C)c2=O)cc1C=O. The molecule has 0 aliphatic heterocycles. The van der Waals surface area contributed by atoms with Gasteiger partial charge in [-0.15, -0.1) is 0 Å². The topological polar surface area (TPSA) is 117 Å². The molecule has 1 N–H and O–H groups in total. The Morgan fingerprint density at radius 2 is 1.68 bits per heavy atom. The largest absolute Gasteiger partial charge is 0.496 e. The summed E-state index contributed by atoms with van der Waals surface area (Å²) in [5.41, 5.74) is 2.49. The van der Waals surface area contributed by atoms with Gasteiger partial charge in [-0.05, 0) is 37.0 Å². The lowest BCUT2D eigenvalue weighted by Crippen LogP contribution is -2.39. The normalized spacial score (nSPS) is 11.2. The van der Waals surface area contributed by atoms with Crippen LogP contribution in [0.5, 0.6) is 5.75 Å². The lowest BCUT2D eigenvalue weighted by atomic mass is 10.0. The molecule has 0 aliphatic rings. The number of methoxy groups -OCH3 is 1. The van der Waals surface area contributed by atoms with Gasteiger partial charge >= 0.3 is 5.69 Å². The third-order valence-electron chi connectivity index (χ3n) is 6.92. The number of nitrogens with zero attached hydrogens (tertiary/aromatic N) is 4. The van der Waals surface area contributed by atoms with Crippen LogP contribution in [0, 0.1) is 6.92 Å². The average molecular weight is 526 g/mol. The van der Waals surface area contributed by atoms with Gasteiger partial charge in [-0.2, -0.15) is 0 Å². The van der Waals surface area contributed by atoms with Gasteiger partial charge in [-0.3, -0.25) is 23.5 Å². The van der Waals surface area contributed by atoms with E-state index in [-0.39, 0.29) is 17.2 Å². The molecule has 0 fully saturated rings. The van der Waals surface area contributed by atoms with Crippen LogP contribution in [-0.4, -0.2) is 38.0 Å². The zero-order valence-corrected chi connectivity index (χ0v) is 22.9. The predicted molar refractivity (Wildman–Crippen MR) is 147 cm³/mol. The van der Waals surface area contributed by atoms with E-state index in [0.29, 0.717) is 42.0 Å². The van der Waals surface area contributed by atoms with Crippen molar-refractivity contribution in [2.24, 2.45) is 14.1 Å². The van der Waals surface area contributed by atoms with Crippen LogP contribution in [0.2, 0.25) is 0 Å². The molecule has 1 aromatic carbocycles. The van der Waals surface area contributed by atoms with Crippen LogP contribution in [0.1, 0.15) is 79.3 Å². The molecule has 0 saturated carbocycles. The number of ether oxygens (including phenoxy) is 1. The van der Waals surface area contributed by atoms with Crippen molar-refractivity contribution in [1.29, 1.82) is 0 Å². The third kappa shape index (κ3) is 6.99. The Labute approximate surface area is 222 Å². The first kappa shape index (κ1) is 28.9. The van der Waals surface area contributed by atoms with E-state index in [1.807, 2.05) is 13.0 Å². The van der Waals surface area contributed by atoms with E-state index in [9.17, 15) is 19.2 Å². The van der Waals surface area contributed by atoms with Crippen LogP contribution in [0.15, 0.2) is 28.0 Å². The van der Waals surface area contributed by atoms with Gasteiger partial charge in [0.2, 0.25) is 5.91 Å². The second-order valence-corrected chi connectivity index (χ2v) is 9.83. The zero-order valence-electron chi connectivity index (χ0n) is 22.9. The molecule has 3 rings (SSSR count). The maximum atomic E-state index is 12.7. The summed E-state index contributed by atoms with van der Waals surface area (Å²) in [6.45, 7) is 2.68. The number of aromatic nitrogens is 4. The molecule has 0 saturated heterocycles. The number of fused-ring (bicyclic) bond motifs is 1. The number of rotatable bonds is 15. The number of hydrogen-bond donors (Lipinski definition) is 1. The molecule has 2 heterocycles. The van der Waals surface area contributed by atoms with E-state index in [1.165, 1.54) is 16.2 Å². The predicted octanol–water partition coefficient (Wildman–Crippen LogP) is 3.39. The van der Waals surface area contributed by atoms with Gasteiger partial charge in [0.1, 0.15) is 5.75 Å². The van der Waals surface area contributed by atoms with Gasteiger partial charge in [0.25, 0.3) is 5.56 Å². The summed E-state index contributed by atoms with van der Waals surface area (Å²) < 4.78 is 9.66. The Bertz CT molecular complexity index is 1390. The first-order valence-electron chi connectivity index (χ1n) is 13.3. The summed E-state index contributed by atoms with van der Waals surface area (Å²) in [5, 5.41) is 2.93. The van der Waals surface area contributed by atoms with Crippen molar-refractivity contribution in [3.05, 3.63) is 56.0 Å². The summed E-state index contributed by atoms with van der Waals surface area (Å²) in [7, 11) is 4.94. The molecule has 0 atom stereocenters. The quantitative estimate of drug-likeness (QED) is 0.240. The van der Waals surface area contributed by atoms with Gasteiger partial charge in [0.15, 0.2) is 17.5 Å². The van der Waals surface area contributed by atoms with Crippen LogP contribution in [0.25, 0.3) is 11.2 Å². The van der Waals surface area contributed by atoms with Gasteiger partial charge < -0.3 is 14.6 Å². The molecule has 38 heavy (non-hydrogen) atoms. The van der Waals surface area contributed by atoms with Crippen LogP contribution in [-0.2, 0) is 32.0 Å². The fourth-order valence-electron chi connectivity index (χ4n) is 4.85. The highest BCUT2D eigenvalue weighted by Crippen LogP contribution is 2.23. The van der Waals surface area contributed by atoms with Crippen molar-refractivity contribution in [2.75, 3.05) is 7.11 Å². The van der Waals surface area contributed by atoms with E-state index in [1.54, 1.807) is 31.1 Å². The van der Waals surface area contributed by atoms with E-state index in [2.05, 4.69) is 10.3 Å². The number of nitrogens with one attached hydrogen (secondary N) is 1. The molecule has 0 radical (unpaired) electrons. The van der Waals surface area contributed by atoms with E-state index >= 15 is 0 Å². The molecule has 3 aromatic rings. The fraction of sp³-hybridized carbons (Fsp3) is 0.536. The smallest absolute Gasteiger partial charge is 0.332 e. The monoisotopic (exact) mass is 525 g/mol. The van der Waals surface area contributed by atoms with E-state index < -0.39 is 0 Å². The molecule has 10 heteroatoms. The van der Waals surface area contributed by atoms with Crippen LogP contribution in [0.3, 0.4) is 0 Å². The summed E-state index contributed by atoms with van der Waals surface area (Å²) >= 11 is 0. The second kappa shape index (κ2) is 13.7. The van der Waals surface area contributed by atoms with E-state index in [4.69, 9.17) is 4.74 Å². The van der Waals surface area contributed by atoms with Crippen LogP contribution < -0.4 is 21.3 Å². The van der Waals surface area contributed by atoms with Crippen molar-refractivity contribution in [3.8, 4) is 5.75 Å². The highest BCUT2D eigenvalue weighted by molar-refractivity contribution is 5.81. The van der Waals surface area contributed by atoms with Gasteiger partial charge in [0.05, 0.1) is 19.0 Å². The second-order valence-electron chi connectivity index (χ2n) is 9.83. The molecule has 2 aromatic heterocycles. The molecule has 0 unspecified atom stereocenters. The first-order chi connectivity index (χ1) is 18.3. The van der Waals surface area contributed by atoms with Crippen molar-refractivity contribution >= 4 is 23.4 Å². The summed E-state index contributed by atoms with van der Waals surface area (Å²) in [6.07, 6.45) is 10.7. The Morgan fingerprint density at radius 1 is 1.03 bits per heavy atom. The minimum Gasteiger partial charge on any atom is -0.496 e. The zero-order chi connectivity index (χ0) is 27.7. The van der Waals surface area contributed by atoms with Gasteiger partial charge in [-0.1, -0.05) is 44.6 Å². The number of carbonyl (C=O) groups excluding carboxylic acids is 2. The summed E-state index contributed by atoms with van der Waals surface area (Å²) in [4.78, 5) is 52.9. The molecule has 0 bridgehead atoms. The number of amides is 1. The Morgan fingerprint density at radius 3 is 2.34 bits per heavy atom.